The Bertz CT molecular complexity index is 1000. The average Bonchev–Trinajstić information content (AvgIpc) is 3.44. The zero-order valence-corrected chi connectivity index (χ0v) is 17.4. The third kappa shape index (κ3) is 5.26. The van der Waals surface area contributed by atoms with Crippen LogP contribution in [0.3, 0.4) is 0 Å². The van der Waals surface area contributed by atoms with Gasteiger partial charge < -0.3 is 10.6 Å². The van der Waals surface area contributed by atoms with Crippen LogP contribution in [0.4, 0.5) is 10.1 Å². The first-order chi connectivity index (χ1) is 14.4. The summed E-state index contributed by atoms with van der Waals surface area (Å²) >= 11 is 0. The predicted molar refractivity (Wildman–Crippen MR) is 118 cm³/mol. The molecule has 0 bridgehead atoms. The third-order valence-corrected chi connectivity index (χ3v) is 5.12. The third-order valence-electron chi connectivity index (χ3n) is 5.12. The lowest BCUT2D eigenvalue weighted by molar-refractivity contribution is -0.111. The van der Waals surface area contributed by atoms with E-state index >= 15 is 0 Å². The zero-order valence-electron chi connectivity index (χ0n) is 17.4. The van der Waals surface area contributed by atoms with Crippen LogP contribution < -0.4 is 10.6 Å². The summed E-state index contributed by atoms with van der Waals surface area (Å²) in [4.78, 5) is 12.4. The molecule has 1 fully saturated rings. The van der Waals surface area contributed by atoms with Crippen molar-refractivity contribution in [2.24, 2.45) is 0 Å². The van der Waals surface area contributed by atoms with E-state index in [0.717, 1.165) is 22.3 Å². The number of dihydropyridines is 1. The molecule has 2 aromatic rings. The standard InChI is InChI=1S/C24H27FN4O/c1-24(2,25)13-17-3-6-20(7-4-17)28-23(30)10-5-18-14-26-12-11-22(18)19-15-27-29(16-19)21-8-9-21/h3-7,10-12,15-16,21,26H,8-9,13-14H2,1-2H3,(H,28,30)/b10-5+. The van der Waals surface area contributed by atoms with Crippen LogP contribution >= 0.6 is 0 Å². The number of nitrogens with zero attached hydrogens (tertiary/aromatic N) is 2. The largest absolute Gasteiger partial charge is 0.387 e. The molecule has 1 amide bonds. The summed E-state index contributed by atoms with van der Waals surface area (Å²) < 4.78 is 15.8. The maximum Gasteiger partial charge on any atom is 0.248 e. The number of nitrogens with one attached hydrogen (secondary N) is 2. The van der Waals surface area contributed by atoms with Gasteiger partial charge in [-0.05, 0) is 67.8 Å². The lowest BCUT2D eigenvalue weighted by Crippen LogP contribution is -2.16. The summed E-state index contributed by atoms with van der Waals surface area (Å²) in [6.07, 6.45) is 14.0. The Balaban J connectivity index is 1.42. The van der Waals surface area contributed by atoms with E-state index in [1.165, 1.54) is 12.8 Å². The molecule has 6 heteroatoms. The molecule has 0 spiro atoms. The number of hydrogen-bond donors (Lipinski definition) is 2. The van der Waals surface area contributed by atoms with Gasteiger partial charge in [-0.15, -0.1) is 0 Å². The fraction of sp³-hybridized carbons (Fsp3) is 0.333. The van der Waals surface area contributed by atoms with Crippen LogP contribution in [-0.2, 0) is 11.2 Å². The Morgan fingerprint density at radius 3 is 2.80 bits per heavy atom. The van der Waals surface area contributed by atoms with Gasteiger partial charge >= 0.3 is 0 Å². The minimum atomic E-state index is -1.25. The molecule has 2 heterocycles. The van der Waals surface area contributed by atoms with Crippen LogP contribution in [0, 0.1) is 0 Å². The summed E-state index contributed by atoms with van der Waals surface area (Å²) in [5.74, 6) is -0.205. The van der Waals surface area contributed by atoms with Crippen molar-refractivity contribution in [3.63, 3.8) is 0 Å². The second-order valence-corrected chi connectivity index (χ2v) is 8.51. The number of benzene rings is 1. The van der Waals surface area contributed by atoms with E-state index in [1.807, 2.05) is 41.4 Å². The van der Waals surface area contributed by atoms with Crippen LogP contribution in [-0.4, -0.2) is 27.9 Å². The van der Waals surface area contributed by atoms with Crippen molar-refractivity contribution in [1.29, 1.82) is 0 Å². The number of carbonyl (C=O) groups is 1. The summed E-state index contributed by atoms with van der Waals surface area (Å²) in [6.45, 7) is 3.77. The van der Waals surface area contributed by atoms with Crippen molar-refractivity contribution >= 4 is 17.2 Å². The van der Waals surface area contributed by atoms with Gasteiger partial charge in [0.15, 0.2) is 0 Å². The number of anilines is 1. The van der Waals surface area contributed by atoms with Gasteiger partial charge in [-0.3, -0.25) is 9.48 Å². The Labute approximate surface area is 176 Å². The average molecular weight is 407 g/mol. The molecule has 4 rings (SSSR count). The monoisotopic (exact) mass is 406 g/mol. The molecule has 1 aromatic heterocycles. The molecule has 0 unspecified atom stereocenters. The molecule has 0 atom stereocenters. The van der Waals surface area contributed by atoms with Gasteiger partial charge in [0.05, 0.1) is 12.2 Å². The Hall–Kier alpha value is -3.15. The molecule has 30 heavy (non-hydrogen) atoms. The second-order valence-electron chi connectivity index (χ2n) is 8.51. The molecule has 1 aromatic carbocycles. The fourth-order valence-electron chi connectivity index (χ4n) is 3.51. The molecular formula is C24H27FN4O. The van der Waals surface area contributed by atoms with Crippen molar-refractivity contribution < 1.29 is 9.18 Å². The highest BCUT2D eigenvalue weighted by atomic mass is 19.1. The topological polar surface area (TPSA) is 59.0 Å². The maximum absolute atomic E-state index is 13.8. The summed E-state index contributed by atoms with van der Waals surface area (Å²) in [5, 5.41) is 10.5. The van der Waals surface area contributed by atoms with Crippen LogP contribution in [0.15, 0.2) is 66.7 Å². The summed E-state index contributed by atoms with van der Waals surface area (Å²) in [6, 6.07) is 7.82. The van der Waals surface area contributed by atoms with Crippen molar-refractivity contribution in [3.8, 4) is 0 Å². The van der Waals surface area contributed by atoms with E-state index in [-0.39, 0.29) is 5.91 Å². The molecule has 156 valence electrons. The molecule has 0 radical (unpaired) electrons. The number of rotatable bonds is 7. The first-order valence-corrected chi connectivity index (χ1v) is 10.3. The number of allylic oxidation sites excluding steroid dienone is 2. The van der Waals surface area contributed by atoms with Crippen molar-refractivity contribution in [3.05, 3.63) is 77.8 Å². The van der Waals surface area contributed by atoms with Crippen molar-refractivity contribution in [1.82, 2.24) is 15.1 Å². The van der Waals surface area contributed by atoms with E-state index in [0.29, 0.717) is 24.7 Å². The molecule has 2 aliphatic rings. The highest BCUT2D eigenvalue weighted by Gasteiger charge is 2.24. The van der Waals surface area contributed by atoms with Gasteiger partial charge in [-0.1, -0.05) is 18.2 Å². The summed E-state index contributed by atoms with van der Waals surface area (Å²) in [5.41, 5.74) is 3.50. The Morgan fingerprint density at radius 1 is 1.33 bits per heavy atom. The number of alkyl halides is 1. The Morgan fingerprint density at radius 2 is 2.10 bits per heavy atom. The number of hydrogen-bond acceptors (Lipinski definition) is 3. The van der Waals surface area contributed by atoms with Crippen molar-refractivity contribution in [2.45, 2.75) is 44.8 Å². The van der Waals surface area contributed by atoms with E-state index < -0.39 is 5.67 Å². The quantitative estimate of drug-likeness (QED) is 0.662. The van der Waals surface area contributed by atoms with Crippen LogP contribution in [0.25, 0.3) is 5.57 Å². The van der Waals surface area contributed by atoms with Gasteiger partial charge in [0.2, 0.25) is 5.91 Å². The molecule has 1 aliphatic heterocycles. The van der Waals surface area contributed by atoms with Gasteiger partial charge in [0, 0.05) is 36.5 Å². The highest BCUT2D eigenvalue weighted by molar-refractivity contribution is 6.00. The molecule has 0 saturated heterocycles. The predicted octanol–water partition coefficient (Wildman–Crippen LogP) is 4.57. The molecule has 5 nitrogen and oxygen atoms in total. The minimum absolute atomic E-state index is 0.205. The van der Waals surface area contributed by atoms with Gasteiger partial charge in [0.25, 0.3) is 0 Å². The zero-order chi connectivity index (χ0) is 21.1. The lowest BCUT2D eigenvalue weighted by Gasteiger charge is -2.14. The SMILES string of the molecule is CC(C)(F)Cc1ccc(NC(=O)/C=C/C2=C(c3cnn(C4CC4)c3)C=CNC2)cc1. The first kappa shape index (κ1) is 20.1. The first-order valence-electron chi connectivity index (χ1n) is 10.3. The van der Waals surface area contributed by atoms with E-state index in [2.05, 4.69) is 21.9 Å². The lowest BCUT2D eigenvalue weighted by atomic mass is 10.00. The van der Waals surface area contributed by atoms with Crippen molar-refractivity contribution in [2.75, 3.05) is 11.9 Å². The molecule has 2 N–H and O–H groups in total. The van der Waals surface area contributed by atoms with Gasteiger partial charge in [-0.25, -0.2) is 4.39 Å². The molecule has 1 saturated carbocycles. The van der Waals surface area contributed by atoms with Crippen LogP contribution in [0.1, 0.15) is 43.9 Å². The molecule has 1 aliphatic carbocycles. The number of carbonyl (C=O) groups excluding carboxylic acids is 1. The van der Waals surface area contributed by atoms with E-state index in [4.69, 9.17) is 0 Å². The smallest absolute Gasteiger partial charge is 0.248 e. The highest BCUT2D eigenvalue weighted by Crippen LogP contribution is 2.35. The van der Waals surface area contributed by atoms with Crippen LogP contribution in [0.2, 0.25) is 0 Å². The normalized spacial score (nSPS) is 16.8. The maximum atomic E-state index is 13.8. The number of aromatic nitrogens is 2. The fourth-order valence-corrected chi connectivity index (χ4v) is 3.51. The number of halogens is 1. The number of amides is 1. The van der Waals surface area contributed by atoms with E-state index in [1.54, 1.807) is 32.1 Å². The minimum Gasteiger partial charge on any atom is -0.387 e. The summed E-state index contributed by atoms with van der Waals surface area (Å²) in [7, 11) is 0. The van der Waals surface area contributed by atoms with Gasteiger partial charge in [0.1, 0.15) is 5.67 Å². The Kier molecular flexibility index (Phi) is 5.57. The van der Waals surface area contributed by atoms with E-state index in [9.17, 15) is 9.18 Å². The second kappa shape index (κ2) is 8.30. The van der Waals surface area contributed by atoms with Crippen LogP contribution in [0.5, 0.6) is 0 Å². The molecular weight excluding hydrogens is 379 g/mol. The van der Waals surface area contributed by atoms with Gasteiger partial charge in [-0.2, -0.15) is 5.10 Å².